The average Bonchev–Trinajstić information content (AvgIpc) is 2.94. The molecule has 0 saturated heterocycles. The van der Waals surface area contributed by atoms with Gasteiger partial charge in [0.2, 0.25) is 0 Å². The number of rotatable bonds is 3. The fourth-order valence-corrected chi connectivity index (χ4v) is 4.13. The normalized spacial score (nSPS) is 21.8. The number of hydrogen-bond donors (Lipinski definition) is 0. The molecule has 1 aromatic carbocycles. The molecule has 3 rings (SSSR count). The van der Waals surface area contributed by atoms with Crippen molar-refractivity contribution < 1.29 is 9.13 Å². The molecule has 2 nitrogen and oxygen atoms in total. The minimum atomic E-state index is -0.270. The number of aryl methyl sites for hydroxylation is 1. The fourth-order valence-electron chi connectivity index (χ4n) is 3.31. The lowest BCUT2D eigenvalue weighted by Gasteiger charge is -2.28. The Kier molecular flexibility index (Phi) is 4.48. The fraction of sp³-hybridized carbons (Fsp3) is 0.500. The highest BCUT2D eigenvalue weighted by Crippen LogP contribution is 2.42. The Labute approximate surface area is 135 Å². The van der Waals surface area contributed by atoms with Crippen LogP contribution in [0.5, 0.6) is 5.75 Å². The second kappa shape index (κ2) is 6.37. The number of benzene rings is 1. The Bertz CT molecular complexity index is 659. The molecule has 22 heavy (non-hydrogen) atoms. The standard InChI is InChI=1S/C18H22FNOS/c1-11-4-6-13(7-5-11)14-8-9-15(16(19)17(14)21-3)18-20-12(2)10-22-18/h8-11,13H,4-7H2,1-3H3. The summed E-state index contributed by atoms with van der Waals surface area (Å²) < 4.78 is 20.3. The van der Waals surface area contributed by atoms with Crippen molar-refractivity contribution in [2.24, 2.45) is 5.92 Å². The number of thiazole rings is 1. The van der Waals surface area contributed by atoms with Crippen LogP contribution in [0.4, 0.5) is 4.39 Å². The number of halogens is 1. The van der Waals surface area contributed by atoms with Crippen LogP contribution in [-0.2, 0) is 0 Å². The van der Waals surface area contributed by atoms with Crippen molar-refractivity contribution in [1.82, 2.24) is 4.98 Å². The molecule has 1 fully saturated rings. The first-order valence-electron chi connectivity index (χ1n) is 7.89. The van der Waals surface area contributed by atoms with E-state index in [1.807, 2.05) is 24.4 Å². The summed E-state index contributed by atoms with van der Waals surface area (Å²) in [6.07, 6.45) is 4.66. The third-order valence-electron chi connectivity index (χ3n) is 4.64. The van der Waals surface area contributed by atoms with Crippen LogP contribution in [0.25, 0.3) is 10.6 Å². The summed E-state index contributed by atoms with van der Waals surface area (Å²) in [7, 11) is 1.56. The number of aromatic nitrogens is 1. The Balaban J connectivity index is 1.97. The van der Waals surface area contributed by atoms with E-state index in [2.05, 4.69) is 11.9 Å². The molecule has 0 bridgehead atoms. The average molecular weight is 319 g/mol. The van der Waals surface area contributed by atoms with Gasteiger partial charge in [-0.2, -0.15) is 0 Å². The Morgan fingerprint density at radius 2 is 1.95 bits per heavy atom. The van der Waals surface area contributed by atoms with E-state index in [1.165, 1.54) is 24.2 Å². The molecule has 0 spiro atoms. The van der Waals surface area contributed by atoms with E-state index < -0.39 is 0 Å². The van der Waals surface area contributed by atoms with Gasteiger partial charge in [-0.3, -0.25) is 0 Å². The van der Waals surface area contributed by atoms with E-state index in [9.17, 15) is 4.39 Å². The zero-order valence-electron chi connectivity index (χ0n) is 13.4. The largest absolute Gasteiger partial charge is 0.493 e. The van der Waals surface area contributed by atoms with Crippen LogP contribution in [0, 0.1) is 18.7 Å². The van der Waals surface area contributed by atoms with Crippen molar-refractivity contribution >= 4 is 11.3 Å². The van der Waals surface area contributed by atoms with Crippen LogP contribution in [0.2, 0.25) is 0 Å². The summed E-state index contributed by atoms with van der Waals surface area (Å²) in [6.45, 7) is 4.22. The van der Waals surface area contributed by atoms with Gasteiger partial charge in [-0.05, 0) is 37.7 Å². The molecule has 1 aliphatic carbocycles. The van der Waals surface area contributed by atoms with Gasteiger partial charge in [0.25, 0.3) is 0 Å². The summed E-state index contributed by atoms with van der Waals surface area (Å²) in [4.78, 5) is 4.39. The van der Waals surface area contributed by atoms with Crippen LogP contribution in [-0.4, -0.2) is 12.1 Å². The number of nitrogens with zero attached hydrogens (tertiary/aromatic N) is 1. The zero-order chi connectivity index (χ0) is 15.7. The molecule has 1 saturated carbocycles. The van der Waals surface area contributed by atoms with Gasteiger partial charge in [-0.1, -0.05) is 25.8 Å². The Hall–Kier alpha value is -1.42. The summed E-state index contributed by atoms with van der Waals surface area (Å²) >= 11 is 1.47. The molecule has 4 heteroatoms. The molecule has 1 aliphatic rings. The van der Waals surface area contributed by atoms with Gasteiger partial charge >= 0.3 is 0 Å². The monoisotopic (exact) mass is 319 g/mol. The molecule has 0 aliphatic heterocycles. The van der Waals surface area contributed by atoms with Gasteiger partial charge in [0, 0.05) is 16.6 Å². The first-order chi connectivity index (χ1) is 10.6. The lowest BCUT2D eigenvalue weighted by atomic mass is 9.79. The molecule has 0 unspecified atom stereocenters. The first-order valence-corrected chi connectivity index (χ1v) is 8.77. The van der Waals surface area contributed by atoms with Gasteiger partial charge in [-0.15, -0.1) is 11.3 Å². The second-order valence-electron chi connectivity index (χ2n) is 6.30. The van der Waals surface area contributed by atoms with Crippen LogP contribution < -0.4 is 4.74 Å². The minimum absolute atomic E-state index is 0.270. The van der Waals surface area contributed by atoms with Crippen LogP contribution in [0.3, 0.4) is 0 Å². The molecule has 0 radical (unpaired) electrons. The second-order valence-corrected chi connectivity index (χ2v) is 7.16. The number of ether oxygens (including phenoxy) is 1. The van der Waals surface area contributed by atoms with Gasteiger partial charge in [0.1, 0.15) is 5.01 Å². The molecule has 118 valence electrons. The molecule has 1 aromatic heterocycles. The van der Waals surface area contributed by atoms with Gasteiger partial charge in [-0.25, -0.2) is 9.37 Å². The smallest absolute Gasteiger partial charge is 0.175 e. The van der Waals surface area contributed by atoms with E-state index in [0.29, 0.717) is 17.2 Å². The summed E-state index contributed by atoms with van der Waals surface area (Å²) in [6, 6.07) is 3.90. The van der Waals surface area contributed by atoms with Crippen molar-refractivity contribution in [1.29, 1.82) is 0 Å². The van der Waals surface area contributed by atoms with Crippen molar-refractivity contribution in [2.75, 3.05) is 7.11 Å². The SMILES string of the molecule is COc1c(C2CCC(C)CC2)ccc(-c2nc(C)cs2)c1F. The Morgan fingerprint density at radius 1 is 1.23 bits per heavy atom. The maximum atomic E-state index is 14.9. The van der Waals surface area contributed by atoms with E-state index >= 15 is 0 Å². The molecule has 0 N–H and O–H groups in total. The lowest BCUT2D eigenvalue weighted by Crippen LogP contribution is -2.12. The van der Waals surface area contributed by atoms with Gasteiger partial charge in [0.15, 0.2) is 11.6 Å². The predicted molar refractivity (Wildman–Crippen MR) is 89.2 cm³/mol. The topological polar surface area (TPSA) is 22.1 Å². The van der Waals surface area contributed by atoms with Crippen LogP contribution in [0.1, 0.15) is 49.8 Å². The zero-order valence-corrected chi connectivity index (χ0v) is 14.2. The van der Waals surface area contributed by atoms with Crippen LogP contribution in [0.15, 0.2) is 17.5 Å². The van der Waals surface area contributed by atoms with E-state index in [0.717, 1.165) is 35.0 Å². The maximum absolute atomic E-state index is 14.9. The van der Waals surface area contributed by atoms with Crippen molar-refractivity contribution in [3.8, 4) is 16.3 Å². The maximum Gasteiger partial charge on any atom is 0.175 e. The van der Waals surface area contributed by atoms with Crippen molar-refractivity contribution in [3.63, 3.8) is 0 Å². The minimum Gasteiger partial charge on any atom is -0.493 e. The first kappa shape index (κ1) is 15.5. The lowest BCUT2D eigenvalue weighted by molar-refractivity contribution is 0.330. The highest BCUT2D eigenvalue weighted by Gasteiger charge is 2.25. The number of methoxy groups -OCH3 is 1. The summed E-state index contributed by atoms with van der Waals surface area (Å²) in [5.41, 5.74) is 2.48. The van der Waals surface area contributed by atoms with Gasteiger partial charge < -0.3 is 4.74 Å². The van der Waals surface area contributed by atoms with Crippen LogP contribution >= 0.6 is 11.3 Å². The summed E-state index contributed by atoms with van der Waals surface area (Å²) in [5.74, 6) is 1.33. The van der Waals surface area contributed by atoms with E-state index in [-0.39, 0.29) is 5.82 Å². The molecule has 0 amide bonds. The predicted octanol–water partition coefficient (Wildman–Crippen LogP) is 5.56. The summed E-state index contributed by atoms with van der Waals surface area (Å²) in [5, 5.41) is 2.66. The van der Waals surface area contributed by atoms with E-state index in [4.69, 9.17) is 4.74 Å². The van der Waals surface area contributed by atoms with Crippen molar-refractivity contribution in [3.05, 3.63) is 34.6 Å². The molecular weight excluding hydrogens is 297 g/mol. The van der Waals surface area contributed by atoms with Gasteiger partial charge in [0.05, 0.1) is 12.7 Å². The van der Waals surface area contributed by atoms with Crippen molar-refractivity contribution in [2.45, 2.75) is 45.4 Å². The Morgan fingerprint density at radius 3 is 2.55 bits per heavy atom. The quantitative estimate of drug-likeness (QED) is 0.739. The highest BCUT2D eigenvalue weighted by atomic mass is 32.1. The molecule has 1 heterocycles. The highest BCUT2D eigenvalue weighted by molar-refractivity contribution is 7.13. The number of hydrogen-bond acceptors (Lipinski definition) is 3. The molecular formula is C18H22FNOS. The van der Waals surface area contributed by atoms with E-state index in [1.54, 1.807) is 7.11 Å². The molecule has 0 atom stereocenters. The molecule has 2 aromatic rings. The third-order valence-corrected chi connectivity index (χ3v) is 5.63. The third kappa shape index (κ3) is 2.89.